The van der Waals surface area contributed by atoms with Crippen LogP contribution in [0.4, 0.5) is 0 Å². The van der Waals surface area contributed by atoms with Gasteiger partial charge in [0.15, 0.2) is 0 Å². The van der Waals surface area contributed by atoms with Gasteiger partial charge in [0.1, 0.15) is 6.04 Å². The topological polar surface area (TPSA) is 52.3 Å². The number of hydrogen-bond donors (Lipinski definition) is 1. The molecule has 2 atom stereocenters. The summed E-state index contributed by atoms with van der Waals surface area (Å²) in [5, 5.41) is 0. The molecule has 3 nitrogen and oxygen atoms in total. The van der Waals surface area contributed by atoms with Gasteiger partial charge in [-0.1, -0.05) is 5.92 Å². The van der Waals surface area contributed by atoms with Crippen molar-refractivity contribution in [3.8, 4) is 12.3 Å². The van der Waals surface area contributed by atoms with Crippen molar-refractivity contribution >= 4 is 28.6 Å². The molecular formula is C6H8INO2. The number of terminal acetylenes is 1. The van der Waals surface area contributed by atoms with Gasteiger partial charge >= 0.3 is 5.97 Å². The molecule has 56 valence electrons. The first-order valence-electron chi connectivity index (χ1n) is 2.64. The number of nitrogens with two attached hydrogens (primary N) is 1. The maximum Gasteiger partial charge on any atom is 0.324 e. The Morgan fingerprint density at radius 3 is 2.70 bits per heavy atom. The van der Waals surface area contributed by atoms with Gasteiger partial charge in [-0.25, -0.2) is 0 Å². The summed E-state index contributed by atoms with van der Waals surface area (Å²) in [4.78, 5) is 10.7. The Labute approximate surface area is 73.4 Å². The van der Waals surface area contributed by atoms with Crippen LogP contribution in [0.25, 0.3) is 0 Å². The molecule has 0 aliphatic heterocycles. The maximum atomic E-state index is 10.7. The van der Waals surface area contributed by atoms with Crippen LogP contribution in [0.2, 0.25) is 0 Å². The van der Waals surface area contributed by atoms with E-state index in [2.05, 4.69) is 10.7 Å². The van der Waals surface area contributed by atoms with Crippen molar-refractivity contribution in [2.45, 2.75) is 17.1 Å². The molecule has 0 aromatic rings. The van der Waals surface area contributed by atoms with E-state index in [9.17, 15) is 4.79 Å². The second kappa shape index (κ2) is 4.52. The smallest absolute Gasteiger partial charge is 0.324 e. The number of ether oxygens (including phenoxy) is 1. The number of esters is 1. The Morgan fingerprint density at radius 2 is 2.40 bits per heavy atom. The minimum Gasteiger partial charge on any atom is -0.438 e. The number of halogens is 1. The average Bonchev–Trinajstić information content (AvgIpc) is 1.87. The van der Waals surface area contributed by atoms with Gasteiger partial charge in [0, 0.05) is 0 Å². The lowest BCUT2D eigenvalue weighted by Gasteiger charge is -2.07. The van der Waals surface area contributed by atoms with Crippen LogP contribution >= 0.6 is 22.6 Å². The van der Waals surface area contributed by atoms with E-state index in [0.717, 1.165) is 0 Å². The van der Waals surface area contributed by atoms with E-state index in [-0.39, 0.29) is 0 Å². The van der Waals surface area contributed by atoms with Crippen LogP contribution in [0.15, 0.2) is 0 Å². The molecule has 0 saturated carbocycles. The van der Waals surface area contributed by atoms with Gasteiger partial charge in [0.2, 0.25) is 4.11 Å². The van der Waals surface area contributed by atoms with Crippen LogP contribution in [0.3, 0.4) is 0 Å². The standard InChI is InChI=1S/C6H8INO2/c1-3-5(7)10-6(9)4(2)8/h1,4-5H,8H2,2H3/t4-,5?/m0/s1. The Morgan fingerprint density at radius 1 is 1.90 bits per heavy atom. The van der Waals surface area contributed by atoms with E-state index >= 15 is 0 Å². The monoisotopic (exact) mass is 253 g/mol. The van der Waals surface area contributed by atoms with Gasteiger partial charge in [0.25, 0.3) is 0 Å². The molecule has 0 saturated heterocycles. The van der Waals surface area contributed by atoms with E-state index < -0.39 is 16.1 Å². The molecule has 4 heteroatoms. The number of hydrogen-bond acceptors (Lipinski definition) is 3. The van der Waals surface area contributed by atoms with Crippen molar-refractivity contribution in [2.75, 3.05) is 0 Å². The number of rotatable bonds is 2. The molecular weight excluding hydrogens is 245 g/mol. The van der Waals surface area contributed by atoms with Crippen molar-refractivity contribution in [1.29, 1.82) is 0 Å². The Hall–Kier alpha value is -0.280. The highest BCUT2D eigenvalue weighted by atomic mass is 127. The largest absolute Gasteiger partial charge is 0.438 e. The minimum atomic E-state index is -0.606. The van der Waals surface area contributed by atoms with Crippen molar-refractivity contribution in [1.82, 2.24) is 0 Å². The third-order valence-corrected chi connectivity index (χ3v) is 1.34. The first kappa shape index (κ1) is 9.72. The Bertz CT molecular complexity index is 162. The van der Waals surface area contributed by atoms with Gasteiger partial charge in [0.05, 0.1) is 0 Å². The van der Waals surface area contributed by atoms with Gasteiger partial charge in [-0.2, -0.15) is 0 Å². The van der Waals surface area contributed by atoms with Crippen LogP contribution < -0.4 is 5.73 Å². The van der Waals surface area contributed by atoms with Gasteiger partial charge in [-0.3, -0.25) is 4.79 Å². The zero-order valence-corrected chi connectivity index (χ0v) is 7.66. The van der Waals surface area contributed by atoms with Gasteiger partial charge in [-0.05, 0) is 29.5 Å². The molecule has 0 aromatic carbocycles. The fourth-order valence-electron chi connectivity index (χ4n) is 0.243. The molecule has 0 fully saturated rings. The minimum absolute atomic E-state index is 0.475. The first-order valence-corrected chi connectivity index (χ1v) is 3.88. The Balaban J connectivity index is 3.71. The molecule has 0 radical (unpaired) electrons. The summed E-state index contributed by atoms with van der Waals surface area (Å²) < 4.78 is 4.13. The molecule has 0 aliphatic rings. The third-order valence-electron chi connectivity index (χ3n) is 0.722. The molecule has 0 spiro atoms. The normalized spacial score (nSPS) is 15.0. The summed E-state index contributed by atoms with van der Waals surface area (Å²) in [6, 6.07) is -0.606. The molecule has 0 aromatic heterocycles. The quantitative estimate of drug-likeness (QED) is 0.332. The van der Waals surface area contributed by atoms with Crippen LogP contribution in [0.1, 0.15) is 6.92 Å². The summed E-state index contributed by atoms with van der Waals surface area (Å²) in [6.07, 6.45) is 4.94. The van der Waals surface area contributed by atoms with Gasteiger partial charge in [-0.15, -0.1) is 6.42 Å². The van der Waals surface area contributed by atoms with Crippen molar-refractivity contribution in [2.24, 2.45) is 5.73 Å². The SMILES string of the molecule is C#CC(I)OC(=O)[C@H](C)N. The highest BCUT2D eigenvalue weighted by Gasteiger charge is 2.11. The summed E-state index contributed by atoms with van der Waals surface area (Å²) >= 11 is 1.82. The summed E-state index contributed by atoms with van der Waals surface area (Å²) in [5.41, 5.74) is 5.19. The summed E-state index contributed by atoms with van der Waals surface area (Å²) in [5.74, 6) is 1.76. The van der Waals surface area contributed by atoms with E-state index in [1.54, 1.807) is 6.92 Å². The zero-order valence-electron chi connectivity index (χ0n) is 5.50. The van der Waals surface area contributed by atoms with E-state index in [1.807, 2.05) is 22.6 Å². The van der Waals surface area contributed by atoms with Crippen LogP contribution in [-0.4, -0.2) is 16.1 Å². The summed E-state index contributed by atoms with van der Waals surface area (Å²) in [6.45, 7) is 1.54. The highest BCUT2D eigenvalue weighted by molar-refractivity contribution is 14.1. The van der Waals surface area contributed by atoms with Crippen LogP contribution in [0.5, 0.6) is 0 Å². The molecule has 0 amide bonds. The predicted molar refractivity (Wildman–Crippen MR) is 46.4 cm³/mol. The third kappa shape index (κ3) is 3.69. The van der Waals surface area contributed by atoms with E-state index in [0.29, 0.717) is 0 Å². The van der Waals surface area contributed by atoms with Crippen molar-refractivity contribution in [3.05, 3.63) is 0 Å². The fourth-order valence-corrected chi connectivity index (χ4v) is 0.494. The summed E-state index contributed by atoms with van der Waals surface area (Å²) in [7, 11) is 0. The highest BCUT2D eigenvalue weighted by Crippen LogP contribution is 2.01. The Kier molecular flexibility index (Phi) is 4.40. The predicted octanol–water partition coefficient (Wildman–Crippen LogP) is 0.271. The molecule has 0 rings (SSSR count). The lowest BCUT2D eigenvalue weighted by atomic mass is 10.4. The molecule has 0 aliphatic carbocycles. The first-order chi connectivity index (χ1) is 4.57. The van der Waals surface area contributed by atoms with Crippen molar-refractivity contribution in [3.63, 3.8) is 0 Å². The number of alkyl halides is 1. The molecule has 10 heavy (non-hydrogen) atoms. The second-order valence-electron chi connectivity index (χ2n) is 1.71. The molecule has 1 unspecified atom stereocenters. The van der Waals surface area contributed by atoms with Crippen LogP contribution in [-0.2, 0) is 9.53 Å². The maximum absolute atomic E-state index is 10.7. The second-order valence-corrected chi connectivity index (χ2v) is 2.84. The number of carbonyl (C=O) groups excluding carboxylic acids is 1. The van der Waals surface area contributed by atoms with E-state index in [1.165, 1.54) is 0 Å². The lowest BCUT2D eigenvalue weighted by Crippen LogP contribution is -2.30. The molecule has 2 N–H and O–H groups in total. The average molecular weight is 253 g/mol. The molecule has 0 heterocycles. The molecule has 0 bridgehead atoms. The zero-order chi connectivity index (χ0) is 8.15. The van der Waals surface area contributed by atoms with Crippen molar-refractivity contribution < 1.29 is 9.53 Å². The fraction of sp³-hybridized carbons (Fsp3) is 0.500. The van der Waals surface area contributed by atoms with E-state index in [4.69, 9.17) is 12.2 Å². The lowest BCUT2D eigenvalue weighted by molar-refractivity contribution is -0.143. The van der Waals surface area contributed by atoms with Crippen LogP contribution in [0, 0.1) is 12.3 Å². The number of carbonyl (C=O) groups is 1. The van der Waals surface area contributed by atoms with Gasteiger partial charge < -0.3 is 10.5 Å².